The van der Waals surface area contributed by atoms with Crippen LogP contribution in [-0.2, 0) is 20.7 Å². The van der Waals surface area contributed by atoms with Crippen molar-refractivity contribution in [2.24, 2.45) is 0 Å². The van der Waals surface area contributed by atoms with Gasteiger partial charge in [-0.2, -0.15) is 0 Å². The Morgan fingerprint density at radius 3 is 2.14 bits per heavy atom. The Balaban J connectivity index is 2.54. The molecule has 0 fully saturated rings. The molecule has 2 atom stereocenters. The highest BCUT2D eigenvalue weighted by atomic mass is 16.6. The van der Waals surface area contributed by atoms with E-state index in [1.807, 2.05) is 62.4 Å². The van der Waals surface area contributed by atoms with Crippen molar-refractivity contribution in [3.63, 3.8) is 0 Å². The molecule has 0 radical (unpaired) electrons. The number of benzene rings is 2. The van der Waals surface area contributed by atoms with Crippen LogP contribution in [0.4, 0.5) is 4.79 Å². The molecule has 244 valence electrons. The average Bonchev–Trinajstić information content (AvgIpc) is 2.97. The predicted octanol–water partition coefficient (Wildman–Crippen LogP) is 7.98. The lowest BCUT2D eigenvalue weighted by Gasteiger charge is -2.35. The van der Waals surface area contributed by atoms with Crippen molar-refractivity contribution in [2.75, 3.05) is 13.1 Å². The minimum Gasteiger partial charge on any atom is -0.444 e. The van der Waals surface area contributed by atoms with Crippen LogP contribution < -0.4 is 10.6 Å². The highest BCUT2D eigenvalue weighted by Gasteiger charge is 2.36. The molecule has 7 nitrogen and oxygen atoms in total. The summed E-state index contributed by atoms with van der Waals surface area (Å²) in [6, 6.07) is 14.0. The van der Waals surface area contributed by atoms with Crippen molar-refractivity contribution in [3.8, 4) is 0 Å². The molecule has 0 spiro atoms. The number of carbonyl (C=O) groups excluding carboxylic acids is 3. The Bertz CT molecular complexity index is 1160. The Kier molecular flexibility index (Phi) is 16.0. The fourth-order valence-corrected chi connectivity index (χ4v) is 5.32. The second-order valence-electron chi connectivity index (χ2n) is 12.9. The van der Waals surface area contributed by atoms with Crippen LogP contribution in [0.15, 0.2) is 48.5 Å². The fourth-order valence-electron chi connectivity index (χ4n) is 5.32. The van der Waals surface area contributed by atoms with Crippen LogP contribution in [0.3, 0.4) is 0 Å². The van der Waals surface area contributed by atoms with E-state index in [0.29, 0.717) is 13.1 Å². The number of hydrogen-bond donors (Lipinski definition) is 2. The van der Waals surface area contributed by atoms with Gasteiger partial charge in [0.15, 0.2) is 0 Å². The van der Waals surface area contributed by atoms with Gasteiger partial charge in [-0.3, -0.25) is 9.59 Å². The monoisotopic (exact) mass is 607 g/mol. The minimum atomic E-state index is -0.909. The number of rotatable bonds is 18. The summed E-state index contributed by atoms with van der Waals surface area (Å²) in [7, 11) is 0. The van der Waals surface area contributed by atoms with E-state index in [0.717, 1.165) is 73.6 Å². The number of carbonyl (C=O) groups is 3. The van der Waals surface area contributed by atoms with E-state index in [-0.39, 0.29) is 18.2 Å². The predicted molar refractivity (Wildman–Crippen MR) is 180 cm³/mol. The largest absolute Gasteiger partial charge is 0.444 e. The molecule has 7 heteroatoms. The Labute approximate surface area is 266 Å². The Morgan fingerprint density at radius 2 is 1.48 bits per heavy atom. The van der Waals surface area contributed by atoms with Crippen molar-refractivity contribution in [3.05, 3.63) is 70.8 Å². The van der Waals surface area contributed by atoms with Gasteiger partial charge in [0, 0.05) is 19.5 Å². The standard InChI is InChI=1S/C37H57N3O4/c1-8-10-12-13-14-19-25-40(33(34(41)38-24-18-11-9-2)31-26-28(3)22-23-29(31)4)35(42)32(27-30-20-16-15-17-21-30)39-36(43)44-37(5,6)7/h15-17,20-23,26,32-33H,8-14,18-19,24-25,27H2,1-7H3,(H,38,41)(H,39,43). The summed E-state index contributed by atoms with van der Waals surface area (Å²) in [5.41, 5.74) is 2.97. The van der Waals surface area contributed by atoms with Crippen LogP contribution in [0.25, 0.3) is 0 Å². The molecule has 0 heterocycles. The van der Waals surface area contributed by atoms with Gasteiger partial charge in [-0.25, -0.2) is 4.79 Å². The normalized spacial score (nSPS) is 12.7. The van der Waals surface area contributed by atoms with Gasteiger partial charge in [-0.1, -0.05) is 113 Å². The lowest BCUT2D eigenvalue weighted by molar-refractivity contribution is -0.142. The lowest BCUT2D eigenvalue weighted by atomic mass is 9.95. The molecule has 2 rings (SSSR count). The van der Waals surface area contributed by atoms with Crippen LogP contribution in [0.5, 0.6) is 0 Å². The quantitative estimate of drug-likeness (QED) is 0.168. The molecule has 2 unspecified atom stereocenters. The first-order valence-corrected chi connectivity index (χ1v) is 16.7. The molecule has 0 saturated carbocycles. The van der Waals surface area contributed by atoms with Crippen molar-refractivity contribution in [1.82, 2.24) is 15.5 Å². The van der Waals surface area contributed by atoms with E-state index in [2.05, 4.69) is 24.5 Å². The van der Waals surface area contributed by atoms with Crippen LogP contribution >= 0.6 is 0 Å². The third-order valence-electron chi connectivity index (χ3n) is 7.68. The SMILES string of the molecule is CCCCCCCCN(C(=O)C(Cc1ccccc1)NC(=O)OC(C)(C)C)C(C(=O)NCCCCC)c1cc(C)ccc1C. The smallest absolute Gasteiger partial charge is 0.408 e. The van der Waals surface area contributed by atoms with E-state index in [9.17, 15) is 14.4 Å². The summed E-state index contributed by atoms with van der Waals surface area (Å²) in [6.45, 7) is 14.7. The van der Waals surface area contributed by atoms with Gasteiger partial charge in [0.2, 0.25) is 11.8 Å². The molecule has 3 amide bonds. The molecular weight excluding hydrogens is 550 g/mol. The zero-order valence-corrected chi connectivity index (χ0v) is 28.3. The maximum absolute atomic E-state index is 14.7. The molecule has 0 aliphatic carbocycles. The van der Waals surface area contributed by atoms with Gasteiger partial charge in [0.1, 0.15) is 17.7 Å². The van der Waals surface area contributed by atoms with Gasteiger partial charge in [-0.05, 0) is 64.2 Å². The van der Waals surface area contributed by atoms with Crippen LogP contribution in [0.2, 0.25) is 0 Å². The first-order chi connectivity index (χ1) is 21.0. The van der Waals surface area contributed by atoms with Gasteiger partial charge >= 0.3 is 6.09 Å². The van der Waals surface area contributed by atoms with Crippen LogP contribution in [0, 0.1) is 13.8 Å². The fraction of sp³-hybridized carbons (Fsp3) is 0.595. The number of nitrogens with one attached hydrogen (secondary N) is 2. The molecule has 0 bridgehead atoms. The molecule has 0 aromatic heterocycles. The molecular formula is C37H57N3O4. The average molecular weight is 608 g/mol. The zero-order valence-electron chi connectivity index (χ0n) is 28.3. The van der Waals surface area contributed by atoms with Crippen molar-refractivity contribution < 1.29 is 19.1 Å². The molecule has 0 saturated heterocycles. The molecule has 0 aliphatic heterocycles. The highest BCUT2D eigenvalue weighted by Crippen LogP contribution is 2.28. The molecule has 2 N–H and O–H groups in total. The van der Waals surface area contributed by atoms with E-state index >= 15 is 0 Å². The van der Waals surface area contributed by atoms with Gasteiger partial charge in [0.05, 0.1) is 0 Å². The third kappa shape index (κ3) is 13.1. The molecule has 2 aromatic carbocycles. The number of amides is 3. The minimum absolute atomic E-state index is 0.190. The lowest BCUT2D eigenvalue weighted by Crippen LogP contribution is -2.54. The number of unbranched alkanes of at least 4 members (excludes halogenated alkanes) is 7. The summed E-state index contributed by atoms with van der Waals surface area (Å²) in [6.07, 6.45) is 8.89. The highest BCUT2D eigenvalue weighted by molar-refractivity contribution is 5.92. The summed E-state index contributed by atoms with van der Waals surface area (Å²) in [5, 5.41) is 6.00. The number of alkyl carbamates (subject to hydrolysis) is 1. The first kappa shape index (κ1) is 36.8. The summed E-state index contributed by atoms with van der Waals surface area (Å²) in [4.78, 5) is 43.5. The summed E-state index contributed by atoms with van der Waals surface area (Å²) >= 11 is 0. The Hall–Kier alpha value is -3.35. The first-order valence-electron chi connectivity index (χ1n) is 16.7. The molecule has 44 heavy (non-hydrogen) atoms. The number of ether oxygens (including phenoxy) is 1. The second-order valence-corrected chi connectivity index (χ2v) is 12.9. The van der Waals surface area contributed by atoms with E-state index in [1.54, 1.807) is 25.7 Å². The summed E-state index contributed by atoms with van der Waals surface area (Å²) < 4.78 is 5.58. The number of aryl methyl sites for hydroxylation is 2. The molecule has 2 aromatic rings. The van der Waals surface area contributed by atoms with Crippen molar-refractivity contribution in [1.29, 1.82) is 0 Å². The van der Waals surface area contributed by atoms with Crippen LogP contribution in [-0.4, -0.2) is 47.5 Å². The molecule has 0 aliphatic rings. The van der Waals surface area contributed by atoms with E-state index in [4.69, 9.17) is 4.74 Å². The van der Waals surface area contributed by atoms with E-state index in [1.165, 1.54) is 6.42 Å². The number of nitrogens with zero attached hydrogens (tertiary/aromatic N) is 1. The second kappa shape index (κ2) is 19.1. The van der Waals surface area contributed by atoms with E-state index < -0.39 is 23.8 Å². The topological polar surface area (TPSA) is 87.7 Å². The van der Waals surface area contributed by atoms with Gasteiger partial charge in [0.25, 0.3) is 0 Å². The summed E-state index contributed by atoms with van der Waals surface area (Å²) in [5.74, 6) is -0.479. The van der Waals surface area contributed by atoms with Crippen molar-refractivity contribution >= 4 is 17.9 Å². The van der Waals surface area contributed by atoms with Crippen molar-refractivity contribution in [2.45, 2.75) is 130 Å². The van der Waals surface area contributed by atoms with Gasteiger partial charge in [-0.15, -0.1) is 0 Å². The maximum atomic E-state index is 14.7. The van der Waals surface area contributed by atoms with Gasteiger partial charge < -0.3 is 20.3 Å². The van der Waals surface area contributed by atoms with Crippen LogP contribution in [0.1, 0.15) is 121 Å². The third-order valence-corrected chi connectivity index (χ3v) is 7.68. The Morgan fingerprint density at radius 1 is 0.841 bits per heavy atom. The number of hydrogen-bond acceptors (Lipinski definition) is 4. The zero-order chi connectivity index (χ0) is 32.5. The maximum Gasteiger partial charge on any atom is 0.408 e.